The number of nitrogens with zero attached hydrogens (tertiary/aromatic N) is 2. The van der Waals surface area contributed by atoms with Crippen LogP contribution in [0.2, 0.25) is 0 Å². The molecule has 0 aromatic carbocycles. The maximum atomic E-state index is 5.65. The molecule has 0 aliphatic rings. The van der Waals surface area contributed by atoms with Crippen molar-refractivity contribution in [3.8, 4) is 0 Å². The molecule has 86 valence electrons. The van der Waals surface area contributed by atoms with E-state index in [9.17, 15) is 0 Å². The molecule has 2 N–H and O–H groups in total. The van der Waals surface area contributed by atoms with Crippen molar-refractivity contribution in [3.63, 3.8) is 0 Å². The van der Waals surface area contributed by atoms with E-state index in [1.54, 1.807) is 6.92 Å². The lowest BCUT2D eigenvalue weighted by Gasteiger charge is -2.23. The molecule has 15 heavy (non-hydrogen) atoms. The third-order valence-corrected chi connectivity index (χ3v) is 2.44. The van der Waals surface area contributed by atoms with Gasteiger partial charge in [-0.15, -0.1) is 0 Å². The van der Waals surface area contributed by atoms with Gasteiger partial charge in [-0.1, -0.05) is 12.1 Å². The van der Waals surface area contributed by atoms with E-state index in [0.717, 1.165) is 6.42 Å². The number of nitrogens with two attached hydrogens (primary N) is 1. The van der Waals surface area contributed by atoms with Crippen LogP contribution in [0.1, 0.15) is 51.9 Å². The minimum absolute atomic E-state index is 0.242. The summed E-state index contributed by atoms with van der Waals surface area (Å²) < 4.78 is 10.7. The zero-order chi connectivity index (χ0) is 11.5. The quantitative estimate of drug-likeness (QED) is 0.806. The highest BCUT2D eigenvalue weighted by molar-refractivity contribution is 5.00. The lowest BCUT2D eigenvalue weighted by molar-refractivity contribution is -0.0403. The molecule has 1 aromatic heterocycles. The summed E-state index contributed by atoms with van der Waals surface area (Å²) in [4.78, 5) is 4.24. The predicted molar refractivity (Wildman–Crippen MR) is 56.2 cm³/mol. The minimum Gasteiger partial charge on any atom is -0.367 e. The molecule has 0 bridgehead atoms. The molecule has 0 aliphatic heterocycles. The molecule has 0 fully saturated rings. The van der Waals surface area contributed by atoms with Gasteiger partial charge in [0, 0.05) is 6.61 Å². The van der Waals surface area contributed by atoms with E-state index >= 15 is 0 Å². The summed E-state index contributed by atoms with van der Waals surface area (Å²) in [5, 5.41) is 3.91. The van der Waals surface area contributed by atoms with Crippen molar-refractivity contribution in [2.75, 3.05) is 6.61 Å². The Labute approximate surface area is 90.0 Å². The maximum absolute atomic E-state index is 5.65. The van der Waals surface area contributed by atoms with Crippen molar-refractivity contribution in [1.82, 2.24) is 10.1 Å². The van der Waals surface area contributed by atoms with Gasteiger partial charge in [0.2, 0.25) is 11.7 Å². The molecule has 0 radical (unpaired) electrons. The number of rotatable bonds is 5. The van der Waals surface area contributed by atoms with Crippen LogP contribution >= 0.6 is 0 Å². The Kier molecular flexibility index (Phi) is 3.82. The van der Waals surface area contributed by atoms with E-state index in [4.69, 9.17) is 15.0 Å². The van der Waals surface area contributed by atoms with E-state index < -0.39 is 5.60 Å². The highest BCUT2D eigenvalue weighted by Gasteiger charge is 2.31. The van der Waals surface area contributed by atoms with Crippen LogP contribution in [0.3, 0.4) is 0 Å². The SMILES string of the molecule is CCOC(C)(CC)c1noc([C@H](C)N)n1. The van der Waals surface area contributed by atoms with Gasteiger partial charge in [-0.2, -0.15) is 4.98 Å². The standard InChI is InChI=1S/C10H19N3O2/c1-5-10(4,14-6-2)9-12-8(7(3)11)15-13-9/h7H,5-6,11H2,1-4H3/t7-,10?/m0/s1. The van der Waals surface area contributed by atoms with Crippen LogP contribution in [0, 0.1) is 0 Å². The summed E-state index contributed by atoms with van der Waals surface area (Å²) in [6.07, 6.45) is 0.790. The molecular weight excluding hydrogens is 194 g/mol. The van der Waals surface area contributed by atoms with Crippen LogP contribution in [0.25, 0.3) is 0 Å². The topological polar surface area (TPSA) is 74.2 Å². The Hall–Kier alpha value is -0.940. The first-order valence-corrected chi connectivity index (χ1v) is 5.27. The lowest BCUT2D eigenvalue weighted by atomic mass is 10.0. The Morgan fingerprint density at radius 3 is 2.60 bits per heavy atom. The van der Waals surface area contributed by atoms with Gasteiger partial charge in [-0.05, 0) is 27.2 Å². The normalized spacial score (nSPS) is 17.4. The van der Waals surface area contributed by atoms with E-state index in [2.05, 4.69) is 10.1 Å². The first kappa shape index (κ1) is 12.1. The molecule has 1 heterocycles. The lowest BCUT2D eigenvalue weighted by Crippen LogP contribution is -2.26. The molecular formula is C10H19N3O2. The first-order valence-electron chi connectivity index (χ1n) is 5.27. The highest BCUT2D eigenvalue weighted by Crippen LogP contribution is 2.26. The van der Waals surface area contributed by atoms with Crippen LogP contribution in [0.15, 0.2) is 4.52 Å². The number of ether oxygens (including phenoxy) is 1. The zero-order valence-electron chi connectivity index (χ0n) is 9.78. The molecule has 1 unspecified atom stereocenters. The molecule has 0 spiro atoms. The fourth-order valence-electron chi connectivity index (χ4n) is 1.28. The first-order chi connectivity index (χ1) is 7.03. The van der Waals surface area contributed by atoms with Crippen molar-refractivity contribution in [3.05, 3.63) is 11.7 Å². The zero-order valence-corrected chi connectivity index (χ0v) is 9.78. The fourth-order valence-corrected chi connectivity index (χ4v) is 1.28. The van der Waals surface area contributed by atoms with Gasteiger partial charge in [-0.25, -0.2) is 0 Å². The molecule has 0 saturated heterocycles. The third kappa shape index (κ3) is 2.54. The second kappa shape index (κ2) is 4.72. The highest BCUT2D eigenvalue weighted by atomic mass is 16.5. The second-order valence-electron chi connectivity index (χ2n) is 3.76. The Morgan fingerprint density at radius 1 is 1.53 bits per heavy atom. The average Bonchev–Trinajstić information content (AvgIpc) is 2.67. The van der Waals surface area contributed by atoms with Gasteiger partial charge in [-0.3, -0.25) is 0 Å². The smallest absolute Gasteiger partial charge is 0.243 e. The summed E-state index contributed by atoms with van der Waals surface area (Å²) in [6, 6.07) is -0.242. The molecule has 1 rings (SSSR count). The summed E-state index contributed by atoms with van der Waals surface area (Å²) in [6.45, 7) is 8.35. The third-order valence-electron chi connectivity index (χ3n) is 2.44. The summed E-state index contributed by atoms with van der Waals surface area (Å²) in [5.41, 5.74) is 5.17. The maximum Gasteiger partial charge on any atom is 0.243 e. The minimum atomic E-state index is -0.481. The van der Waals surface area contributed by atoms with Crippen LogP contribution in [0.5, 0.6) is 0 Å². The molecule has 0 saturated carbocycles. The Morgan fingerprint density at radius 2 is 2.20 bits per heavy atom. The van der Waals surface area contributed by atoms with Crippen molar-refractivity contribution >= 4 is 0 Å². The number of aromatic nitrogens is 2. The van der Waals surface area contributed by atoms with Crippen LogP contribution < -0.4 is 5.73 Å². The molecule has 2 atom stereocenters. The number of hydrogen-bond acceptors (Lipinski definition) is 5. The Bertz CT molecular complexity index is 311. The molecule has 5 nitrogen and oxygen atoms in total. The summed E-state index contributed by atoms with van der Waals surface area (Å²) in [7, 11) is 0. The van der Waals surface area contributed by atoms with Gasteiger partial charge in [0.05, 0.1) is 6.04 Å². The van der Waals surface area contributed by atoms with Crippen LogP contribution in [-0.2, 0) is 10.3 Å². The largest absolute Gasteiger partial charge is 0.367 e. The van der Waals surface area contributed by atoms with Crippen molar-refractivity contribution < 1.29 is 9.26 Å². The van der Waals surface area contributed by atoms with Gasteiger partial charge >= 0.3 is 0 Å². The monoisotopic (exact) mass is 213 g/mol. The van der Waals surface area contributed by atoms with E-state index in [-0.39, 0.29) is 6.04 Å². The van der Waals surface area contributed by atoms with Gasteiger partial charge in [0.25, 0.3) is 0 Å². The van der Waals surface area contributed by atoms with E-state index in [1.807, 2.05) is 20.8 Å². The van der Waals surface area contributed by atoms with Gasteiger partial charge in [0.1, 0.15) is 5.60 Å². The van der Waals surface area contributed by atoms with Gasteiger partial charge in [0.15, 0.2) is 0 Å². The van der Waals surface area contributed by atoms with E-state index in [1.165, 1.54) is 0 Å². The van der Waals surface area contributed by atoms with Crippen molar-refractivity contribution in [2.45, 2.75) is 45.8 Å². The Balaban J connectivity index is 2.92. The summed E-state index contributed by atoms with van der Waals surface area (Å²) in [5.74, 6) is 1.02. The van der Waals surface area contributed by atoms with Crippen LogP contribution in [-0.4, -0.2) is 16.7 Å². The van der Waals surface area contributed by atoms with Crippen molar-refractivity contribution in [1.29, 1.82) is 0 Å². The molecule has 0 amide bonds. The fraction of sp³-hybridized carbons (Fsp3) is 0.800. The summed E-state index contributed by atoms with van der Waals surface area (Å²) >= 11 is 0. The molecule has 1 aromatic rings. The molecule has 0 aliphatic carbocycles. The van der Waals surface area contributed by atoms with Crippen LogP contribution in [0.4, 0.5) is 0 Å². The van der Waals surface area contributed by atoms with Crippen molar-refractivity contribution in [2.24, 2.45) is 5.73 Å². The number of hydrogen-bond donors (Lipinski definition) is 1. The second-order valence-corrected chi connectivity index (χ2v) is 3.76. The van der Waals surface area contributed by atoms with Gasteiger partial charge < -0.3 is 15.0 Å². The average molecular weight is 213 g/mol. The predicted octanol–water partition coefficient (Wildman–Crippen LogP) is 1.75. The molecule has 5 heteroatoms. The van der Waals surface area contributed by atoms with E-state index in [0.29, 0.717) is 18.3 Å².